The van der Waals surface area contributed by atoms with E-state index in [1.54, 1.807) is 7.05 Å². The average Bonchev–Trinajstić information content (AvgIpc) is 3.35. The van der Waals surface area contributed by atoms with Crippen molar-refractivity contribution in [2.75, 3.05) is 13.6 Å². The van der Waals surface area contributed by atoms with Crippen molar-refractivity contribution in [2.24, 2.45) is 7.05 Å². The molecule has 1 unspecified atom stereocenters. The average molecular weight is 340 g/mol. The van der Waals surface area contributed by atoms with Crippen LogP contribution in [0.5, 0.6) is 0 Å². The van der Waals surface area contributed by atoms with Gasteiger partial charge in [-0.2, -0.15) is 4.98 Å². The van der Waals surface area contributed by atoms with Gasteiger partial charge in [0.25, 0.3) is 11.7 Å². The van der Waals surface area contributed by atoms with Gasteiger partial charge in [0.1, 0.15) is 5.82 Å². The minimum atomic E-state index is -0.344. The topological polar surface area (TPSA) is 89.1 Å². The Morgan fingerprint density at radius 1 is 1.36 bits per heavy atom. The molecule has 1 saturated heterocycles. The number of amides is 1. The molecule has 1 N–H and O–H groups in total. The molecule has 1 aliphatic heterocycles. The first kappa shape index (κ1) is 15.8. The second kappa shape index (κ2) is 6.29. The number of aryl methyl sites for hydroxylation is 1. The second-order valence-corrected chi connectivity index (χ2v) is 6.24. The van der Waals surface area contributed by atoms with Crippen LogP contribution >= 0.6 is 0 Å². The number of fused-ring (bicyclic) bond motifs is 1. The van der Waals surface area contributed by atoms with Gasteiger partial charge < -0.3 is 14.4 Å². The number of imidazole rings is 1. The van der Waals surface area contributed by atoms with Gasteiger partial charge in [0.15, 0.2) is 0 Å². The molecular formula is C17H20N6O2. The van der Waals surface area contributed by atoms with Crippen LogP contribution in [0.2, 0.25) is 0 Å². The summed E-state index contributed by atoms with van der Waals surface area (Å²) in [6.07, 6.45) is 2.12. The van der Waals surface area contributed by atoms with Crippen molar-refractivity contribution in [3.05, 3.63) is 41.8 Å². The van der Waals surface area contributed by atoms with E-state index in [1.165, 1.54) is 0 Å². The van der Waals surface area contributed by atoms with Crippen molar-refractivity contribution in [1.29, 1.82) is 0 Å². The van der Waals surface area contributed by atoms with Gasteiger partial charge in [0.2, 0.25) is 5.89 Å². The summed E-state index contributed by atoms with van der Waals surface area (Å²) >= 11 is 0. The largest absolute Gasteiger partial charge is 0.352 e. The van der Waals surface area contributed by atoms with Crippen LogP contribution in [-0.2, 0) is 13.6 Å². The lowest BCUT2D eigenvalue weighted by molar-refractivity contribution is 0.0950. The molecule has 0 radical (unpaired) electrons. The first-order valence-electron chi connectivity index (χ1n) is 8.37. The van der Waals surface area contributed by atoms with E-state index < -0.39 is 0 Å². The molecule has 130 valence electrons. The molecule has 0 saturated carbocycles. The number of hydrogen-bond donors (Lipinski definition) is 1. The molecule has 0 bridgehead atoms. The number of carbonyl (C=O) groups is 1. The fraction of sp³-hybridized carbons (Fsp3) is 0.412. The standard InChI is InChI=1S/C17H20N6O2/c1-18-17(24)15-20-14(25-21-15)10-23-9-5-8-13(23)16-19-11-6-3-4-7-12(11)22(16)2/h3-4,6-7,13H,5,8-10H2,1-2H3,(H,18,24). The van der Waals surface area contributed by atoms with Gasteiger partial charge in [-0.15, -0.1) is 0 Å². The lowest BCUT2D eigenvalue weighted by Crippen LogP contribution is -2.25. The van der Waals surface area contributed by atoms with Gasteiger partial charge in [0, 0.05) is 14.1 Å². The van der Waals surface area contributed by atoms with Gasteiger partial charge >= 0.3 is 0 Å². The lowest BCUT2D eigenvalue weighted by Gasteiger charge is -2.22. The summed E-state index contributed by atoms with van der Waals surface area (Å²) in [6, 6.07) is 8.35. The Labute approximate surface area is 144 Å². The number of likely N-dealkylation sites (tertiary alicyclic amines) is 1. The summed E-state index contributed by atoms with van der Waals surface area (Å²) in [5.41, 5.74) is 2.13. The van der Waals surface area contributed by atoms with Crippen LogP contribution in [0.15, 0.2) is 28.8 Å². The van der Waals surface area contributed by atoms with Crippen LogP contribution in [0, 0.1) is 0 Å². The molecule has 3 aromatic rings. The maximum Gasteiger partial charge on any atom is 0.292 e. The fourth-order valence-corrected chi connectivity index (χ4v) is 3.47. The summed E-state index contributed by atoms with van der Waals surface area (Å²) in [6.45, 7) is 1.45. The van der Waals surface area contributed by atoms with E-state index in [-0.39, 0.29) is 17.8 Å². The van der Waals surface area contributed by atoms with Crippen LogP contribution in [0.3, 0.4) is 0 Å². The van der Waals surface area contributed by atoms with E-state index >= 15 is 0 Å². The normalized spacial score (nSPS) is 18.1. The van der Waals surface area contributed by atoms with E-state index in [9.17, 15) is 4.79 Å². The maximum absolute atomic E-state index is 11.6. The molecule has 8 heteroatoms. The molecule has 8 nitrogen and oxygen atoms in total. The lowest BCUT2D eigenvalue weighted by atomic mass is 10.2. The zero-order chi connectivity index (χ0) is 17.4. The first-order chi connectivity index (χ1) is 12.2. The second-order valence-electron chi connectivity index (χ2n) is 6.24. The van der Waals surface area contributed by atoms with Crippen LogP contribution in [0.1, 0.15) is 41.2 Å². The summed E-state index contributed by atoms with van der Waals surface area (Å²) < 4.78 is 7.39. The van der Waals surface area contributed by atoms with E-state index in [4.69, 9.17) is 9.51 Å². The van der Waals surface area contributed by atoms with Crippen molar-refractivity contribution >= 4 is 16.9 Å². The molecule has 1 atom stereocenters. The Balaban J connectivity index is 1.58. The summed E-state index contributed by atoms with van der Waals surface area (Å²) in [5, 5.41) is 6.23. The molecule has 1 aromatic carbocycles. The Hall–Kier alpha value is -2.74. The predicted molar refractivity (Wildman–Crippen MR) is 90.8 cm³/mol. The Bertz CT molecular complexity index is 915. The zero-order valence-corrected chi connectivity index (χ0v) is 14.3. The number of para-hydroxylation sites is 2. The molecule has 4 rings (SSSR count). The fourth-order valence-electron chi connectivity index (χ4n) is 3.47. The van der Waals surface area contributed by atoms with Crippen molar-refractivity contribution in [2.45, 2.75) is 25.4 Å². The number of nitrogens with one attached hydrogen (secondary N) is 1. The minimum absolute atomic E-state index is 0.0657. The minimum Gasteiger partial charge on any atom is -0.352 e. The summed E-state index contributed by atoms with van der Waals surface area (Å²) in [4.78, 5) is 22.9. The molecule has 25 heavy (non-hydrogen) atoms. The maximum atomic E-state index is 11.6. The highest BCUT2D eigenvalue weighted by Crippen LogP contribution is 2.33. The summed E-state index contributed by atoms with van der Waals surface area (Å²) in [7, 11) is 3.60. The van der Waals surface area contributed by atoms with Crippen LogP contribution in [-0.4, -0.2) is 44.1 Å². The SMILES string of the molecule is CNC(=O)c1noc(CN2CCCC2c2nc3ccccc3n2C)n1. The van der Waals surface area contributed by atoms with Crippen molar-refractivity contribution in [1.82, 2.24) is 29.9 Å². The highest BCUT2D eigenvalue weighted by atomic mass is 16.5. The van der Waals surface area contributed by atoms with Crippen molar-refractivity contribution in [3.63, 3.8) is 0 Å². The number of carbonyl (C=O) groups excluding carboxylic acids is 1. The molecule has 0 aliphatic carbocycles. The number of rotatable bonds is 4. The monoisotopic (exact) mass is 340 g/mol. The number of hydrogen-bond acceptors (Lipinski definition) is 6. The van der Waals surface area contributed by atoms with Gasteiger partial charge in [-0.25, -0.2) is 4.98 Å². The Kier molecular flexibility index (Phi) is 3.96. The molecule has 1 fully saturated rings. The quantitative estimate of drug-likeness (QED) is 0.777. The number of benzene rings is 1. The molecule has 0 spiro atoms. The smallest absolute Gasteiger partial charge is 0.292 e. The highest BCUT2D eigenvalue weighted by molar-refractivity contribution is 5.89. The summed E-state index contributed by atoms with van der Waals surface area (Å²) in [5.74, 6) is 1.22. The zero-order valence-electron chi connectivity index (χ0n) is 14.3. The van der Waals surface area contributed by atoms with Crippen LogP contribution < -0.4 is 5.32 Å². The van der Waals surface area contributed by atoms with Gasteiger partial charge in [0.05, 0.1) is 23.6 Å². The third kappa shape index (κ3) is 2.78. The molecular weight excluding hydrogens is 320 g/mol. The van der Waals surface area contributed by atoms with Crippen molar-refractivity contribution in [3.8, 4) is 0 Å². The number of nitrogens with zero attached hydrogens (tertiary/aromatic N) is 5. The van der Waals surface area contributed by atoms with E-state index in [1.807, 2.05) is 18.2 Å². The molecule has 1 aliphatic rings. The van der Waals surface area contributed by atoms with Gasteiger partial charge in [-0.05, 0) is 31.5 Å². The number of aromatic nitrogens is 4. The van der Waals surface area contributed by atoms with Crippen molar-refractivity contribution < 1.29 is 9.32 Å². The van der Waals surface area contributed by atoms with Crippen LogP contribution in [0.25, 0.3) is 11.0 Å². The van der Waals surface area contributed by atoms with E-state index in [2.05, 4.69) is 38.0 Å². The molecule has 3 heterocycles. The molecule has 1 amide bonds. The Morgan fingerprint density at radius 3 is 3.00 bits per heavy atom. The Morgan fingerprint density at radius 2 is 2.20 bits per heavy atom. The van der Waals surface area contributed by atoms with E-state index in [0.717, 1.165) is 36.2 Å². The van der Waals surface area contributed by atoms with Gasteiger partial charge in [-0.3, -0.25) is 9.69 Å². The van der Waals surface area contributed by atoms with Crippen LogP contribution in [0.4, 0.5) is 0 Å². The molecule has 2 aromatic heterocycles. The third-order valence-corrected chi connectivity index (χ3v) is 4.72. The predicted octanol–water partition coefficient (Wildman–Crippen LogP) is 1.65. The highest BCUT2D eigenvalue weighted by Gasteiger charge is 2.31. The third-order valence-electron chi connectivity index (χ3n) is 4.72. The first-order valence-corrected chi connectivity index (χ1v) is 8.37. The van der Waals surface area contributed by atoms with E-state index in [0.29, 0.717) is 12.4 Å². The van der Waals surface area contributed by atoms with Gasteiger partial charge in [-0.1, -0.05) is 17.3 Å².